The van der Waals surface area contributed by atoms with Gasteiger partial charge in [-0.1, -0.05) is 0 Å². The largest absolute Gasteiger partial charge is 0.371 e. The Morgan fingerprint density at radius 2 is 1.66 bits per heavy atom. The lowest BCUT2D eigenvalue weighted by Gasteiger charge is -2.39. The molecule has 0 radical (unpaired) electrons. The molecule has 8 nitrogen and oxygen atoms in total. The van der Waals surface area contributed by atoms with Gasteiger partial charge in [-0.3, -0.25) is 9.52 Å². The molecule has 0 atom stereocenters. The zero-order valence-electron chi connectivity index (χ0n) is 22.3. The Labute approximate surface area is 222 Å². The first-order chi connectivity index (χ1) is 17.7. The molecule has 5 rings (SSSR count). The molecule has 3 fully saturated rings. The molecule has 2 aliphatic heterocycles. The van der Waals surface area contributed by atoms with Crippen molar-refractivity contribution in [2.45, 2.75) is 64.0 Å². The summed E-state index contributed by atoms with van der Waals surface area (Å²) in [7, 11) is -3.65. The number of aryl methyl sites for hydroxylation is 1. The first kappa shape index (κ1) is 26.6. The molecule has 0 bridgehead atoms. The van der Waals surface area contributed by atoms with Crippen LogP contribution in [0.4, 0.5) is 31.8 Å². The third kappa shape index (κ3) is 5.43. The van der Waals surface area contributed by atoms with Gasteiger partial charge in [0.2, 0.25) is 10.0 Å². The second-order valence-electron chi connectivity index (χ2n) is 12.0. The lowest BCUT2D eigenvalue weighted by molar-refractivity contribution is -0.0267. The molecule has 1 spiro atoms. The molecule has 1 aromatic carbocycles. The lowest BCUT2D eigenvalue weighted by atomic mass is 9.93. The van der Waals surface area contributed by atoms with Crippen LogP contribution in [0.3, 0.4) is 0 Å². The topological polar surface area (TPSA) is 94.6 Å². The molecule has 3 heterocycles. The van der Waals surface area contributed by atoms with E-state index in [9.17, 15) is 22.0 Å². The van der Waals surface area contributed by atoms with Crippen molar-refractivity contribution >= 4 is 38.9 Å². The van der Waals surface area contributed by atoms with Crippen LogP contribution in [0.25, 0.3) is 0 Å². The van der Waals surface area contributed by atoms with Gasteiger partial charge in [0.1, 0.15) is 11.6 Å². The predicted molar refractivity (Wildman–Crippen MR) is 146 cm³/mol. The average molecular weight is 548 g/mol. The molecule has 1 saturated carbocycles. The van der Waals surface area contributed by atoms with Gasteiger partial charge >= 0.3 is 0 Å². The van der Waals surface area contributed by atoms with E-state index in [0.29, 0.717) is 28.2 Å². The number of pyridine rings is 1. The summed E-state index contributed by atoms with van der Waals surface area (Å²) in [6.45, 7) is 7.47. The van der Waals surface area contributed by atoms with Crippen LogP contribution in [0.5, 0.6) is 0 Å². The van der Waals surface area contributed by atoms with E-state index < -0.39 is 39.7 Å². The minimum atomic E-state index is -3.65. The number of alkyl halides is 2. The number of aromatic nitrogens is 1. The van der Waals surface area contributed by atoms with Gasteiger partial charge in [0, 0.05) is 13.1 Å². The lowest BCUT2D eigenvalue weighted by Crippen LogP contribution is -2.56. The molecule has 3 aliphatic rings. The fourth-order valence-electron chi connectivity index (χ4n) is 4.99. The van der Waals surface area contributed by atoms with Crippen LogP contribution in [-0.2, 0) is 10.0 Å². The maximum Gasteiger partial charge on any atom is 0.282 e. The predicted octanol–water partition coefficient (Wildman–Crippen LogP) is 5.02. The molecular weight excluding hydrogens is 512 g/mol. The van der Waals surface area contributed by atoms with Crippen molar-refractivity contribution in [2.75, 3.05) is 46.0 Å². The van der Waals surface area contributed by atoms with Crippen LogP contribution in [0, 0.1) is 12.3 Å². The Morgan fingerprint density at radius 1 is 1.00 bits per heavy atom. The first-order valence-electron chi connectivity index (χ1n) is 13.0. The van der Waals surface area contributed by atoms with Gasteiger partial charge < -0.3 is 15.1 Å². The summed E-state index contributed by atoms with van der Waals surface area (Å²) >= 11 is 0. The van der Waals surface area contributed by atoms with Crippen molar-refractivity contribution < 1.29 is 22.0 Å². The van der Waals surface area contributed by atoms with Crippen LogP contribution >= 0.6 is 0 Å². The summed E-state index contributed by atoms with van der Waals surface area (Å²) in [4.78, 5) is 21.5. The number of hydrogen-bond acceptors (Lipinski definition) is 6. The van der Waals surface area contributed by atoms with Gasteiger partial charge in [-0.25, -0.2) is 22.2 Å². The van der Waals surface area contributed by atoms with Gasteiger partial charge in [0.05, 0.1) is 34.8 Å². The highest BCUT2D eigenvalue weighted by molar-refractivity contribution is 7.94. The van der Waals surface area contributed by atoms with E-state index >= 15 is 0 Å². The number of piperidine rings is 1. The maximum absolute atomic E-state index is 13.5. The Bertz CT molecular complexity index is 1350. The summed E-state index contributed by atoms with van der Waals surface area (Å²) in [6, 6.07) is 8.35. The Hall–Kier alpha value is -2.95. The molecule has 11 heteroatoms. The highest BCUT2D eigenvalue weighted by atomic mass is 32.2. The number of hydrogen-bond donors (Lipinski definition) is 2. The van der Waals surface area contributed by atoms with Crippen LogP contribution in [-0.4, -0.2) is 56.2 Å². The third-order valence-corrected chi connectivity index (χ3v) is 9.91. The molecule has 38 heavy (non-hydrogen) atoms. The standard InChI is InChI=1S/C27H35F2N5O3S/c1-18-13-22(30-23(14-18)34-16-27(28,29)17-34)31-24(35)20-6-5-19(32-38(36,37)25(2,3)4)15-21(20)33-11-9-26(7-8-26)10-12-33/h5-6,13-15,32H,7-12,16-17H2,1-4H3,(H,30,31,35). The Balaban J connectivity index is 1.42. The Morgan fingerprint density at radius 3 is 2.24 bits per heavy atom. The van der Waals surface area contributed by atoms with Crippen molar-refractivity contribution in [1.82, 2.24) is 4.98 Å². The maximum atomic E-state index is 13.5. The highest BCUT2D eigenvalue weighted by Gasteiger charge is 2.45. The average Bonchev–Trinajstić information content (AvgIpc) is 3.55. The number of rotatable bonds is 6. The summed E-state index contributed by atoms with van der Waals surface area (Å²) in [5.74, 6) is -2.45. The zero-order valence-corrected chi connectivity index (χ0v) is 23.1. The second kappa shape index (κ2) is 9.07. The molecule has 1 aromatic heterocycles. The van der Waals surface area contributed by atoms with E-state index in [-0.39, 0.29) is 5.82 Å². The second-order valence-corrected chi connectivity index (χ2v) is 14.4. The van der Waals surface area contributed by atoms with Crippen molar-refractivity contribution in [3.8, 4) is 0 Å². The van der Waals surface area contributed by atoms with Crippen LogP contribution in [0.15, 0.2) is 30.3 Å². The number of carbonyl (C=O) groups excluding carboxylic acids is 1. The first-order valence-corrected chi connectivity index (χ1v) is 14.5. The number of anilines is 4. The molecule has 2 aromatic rings. The van der Waals surface area contributed by atoms with Gasteiger partial charge in [0.15, 0.2) is 0 Å². The van der Waals surface area contributed by atoms with Crippen molar-refractivity contribution in [3.05, 3.63) is 41.5 Å². The fraction of sp³-hybridized carbons (Fsp3) is 0.556. The van der Waals surface area contributed by atoms with Gasteiger partial charge in [-0.2, -0.15) is 0 Å². The van der Waals surface area contributed by atoms with E-state index in [2.05, 4.69) is 19.9 Å². The van der Waals surface area contributed by atoms with E-state index in [4.69, 9.17) is 0 Å². The van der Waals surface area contributed by atoms with E-state index in [1.807, 2.05) is 6.92 Å². The highest BCUT2D eigenvalue weighted by Crippen LogP contribution is 2.54. The van der Waals surface area contributed by atoms with Crippen molar-refractivity contribution in [3.63, 3.8) is 0 Å². The summed E-state index contributed by atoms with van der Waals surface area (Å²) in [5.41, 5.74) is 2.67. The molecule has 1 amide bonds. The molecule has 1 aliphatic carbocycles. The van der Waals surface area contributed by atoms with Gasteiger partial charge in [-0.15, -0.1) is 0 Å². The van der Waals surface area contributed by atoms with Crippen molar-refractivity contribution in [1.29, 1.82) is 0 Å². The number of carbonyl (C=O) groups is 1. The summed E-state index contributed by atoms with van der Waals surface area (Å²) in [6.07, 6.45) is 4.55. The zero-order chi connectivity index (χ0) is 27.5. The molecule has 2 N–H and O–H groups in total. The molecule has 0 unspecified atom stereocenters. The number of nitrogens with one attached hydrogen (secondary N) is 2. The molecule has 206 valence electrons. The van der Waals surface area contributed by atoms with Crippen LogP contribution < -0.4 is 19.8 Å². The fourth-order valence-corrected chi connectivity index (χ4v) is 5.73. The molecule has 2 saturated heterocycles. The summed E-state index contributed by atoms with van der Waals surface area (Å²) in [5, 5.41) is 2.83. The van der Waals surface area contributed by atoms with Crippen LogP contribution in [0.2, 0.25) is 0 Å². The number of amides is 1. The quantitative estimate of drug-likeness (QED) is 0.528. The SMILES string of the molecule is Cc1cc(NC(=O)c2ccc(NS(=O)(=O)C(C)(C)C)cc2N2CCC3(CC2)CC3)nc(N2CC(F)(F)C2)c1. The van der Waals surface area contributed by atoms with E-state index in [1.54, 1.807) is 51.1 Å². The van der Waals surface area contributed by atoms with Gasteiger partial charge in [0.25, 0.3) is 11.8 Å². The monoisotopic (exact) mass is 547 g/mol. The van der Waals surface area contributed by atoms with Gasteiger partial charge in [-0.05, 0) is 94.7 Å². The Kier molecular flexibility index (Phi) is 6.36. The number of sulfonamides is 1. The molecular formula is C27H35F2N5O3S. The summed E-state index contributed by atoms with van der Waals surface area (Å²) < 4.78 is 54.0. The van der Waals surface area contributed by atoms with E-state index in [0.717, 1.165) is 31.5 Å². The number of halogens is 2. The smallest absolute Gasteiger partial charge is 0.282 e. The minimum absolute atomic E-state index is 0.277. The number of nitrogens with zero attached hydrogens (tertiary/aromatic N) is 3. The van der Waals surface area contributed by atoms with Crippen LogP contribution in [0.1, 0.15) is 62.4 Å². The normalized spacial score (nSPS) is 20.2. The third-order valence-electron chi connectivity index (χ3n) is 7.79. The van der Waals surface area contributed by atoms with E-state index in [1.165, 1.54) is 17.7 Å². The van der Waals surface area contributed by atoms with Crippen molar-refractivity contribution in [2.24, 2.45) is 5.41 Å². The number of benzene rings is 1. The minimum Gasteiger partial charge on any atom is -0.371 e.